The first kappa shape index (κ1) is 15.3. The third-order valence-corrected chi connectivity index (χ3v) is 3.58. The molecular weight excluding hydrogens is 297 g/mol. The van der Waals surface area contributed by atoms with E-state index in [9.17, 15) is 5.11 Å². The Balaban J connectivity index is 1.88. The number of hydrogen-bond donors (Lipinski definition) is 2. The van der Waals surface area contributed by atoms with Crippen molar-refractivity contribution in [2.75, 3.05) is 6.54 Å². The van der Waals surface area contributed by atoms with Crippen LogP contribution < -0.4 is 5.32 Å². The molecule has 2 atom stereocenters. The summed E-state index contributed by atoms with van der Waals surface area (Å²) in [4.78, 5) is 0. The van der Waals surface area contributed by atoms with Crippen LogP contribution in [-0.4, -0.2) is 27.5 Å². The Hall–Kier alpha value is -1.07. The second-order valence-electron chi connectivity index (χ2n) is 4.72. The van der Waals surface area contributed by atoms with Gasteiger partial charge in [0.15, 0.2) is 0 Å². The number of aliphatic hydroxyl groups excluding tert-OH is 1. The minimum atomic E-state index is -0.693. The average molecular weight is 314 g/mol. The van der Waals surface area contributed by atoms with Crippen molar-refractivity contribution in [1.82, 2.24) is 15.1 Å². The van der Waals surface area contributed by atoms with Crippen LogP contribution in [0.5, 0.6) is 0 Å². The van der Waals surface area contributed by atoms with E-state index < -0.39 is 6.10 Å². The van der Waals surface area contributed by atoms with E-state index in [1.165, 1.54) is 0 Å². The van der Waals surface area contributed by atoms with Crippen molar-refractivity contribution in [2.24, 2.45) is 0 Å². The second kappa shape index (κ2) is 7.09. The number of rotatable bonds is 6. The van der Waals surface area contributed by atoms with Crippen molar-refractivity contribution in [3.05, 3.63) is 52.3 Å². The molecule has 1 aromatic carbocycles. The van der Waals surface area contributed by atoms with E-state index in [-0.39, 0.29) is 6.04 Å². The Morgan fingerprint density at radius 1 is 1.40 bits per heavy atom. The monoisotopic (exact) mass is 313 g/mol. The molecule has 2 N–H and O–H groups in total. The average Bonchev–Trinajstić information content (AvgIpc) is 2.91. The Morgan fingerprint density at radius 2 is 2.20 bits per heavy atom. The Bertz CT molecular complexity index is 545. The minimum absolute atomic E-state index is 0.183. The minimum Gasteiger partial charge on any atom is -0.387 e. The van der Waals surface area contributed by atoms with Gasteiger partial charge in [0.05, 0.1) is 12.6 Å². The molecule has 0 radical (unpaired) electrons. The van der Waals surface area contributed by atoms with E-state index in [0.717, 1.165) is 6.54 Å². The predicted octanol–water partition coefficient (Wildman–Crippen LogP) is 2.90. The maximum Gasteiger partial charge on any atom is 0.0929 e. The molecule has 0 bridgehead atoms. The first-order valence-electron chi connectivity index (χ1n) is 6.40. The highest BCUT2D eigenvalue weighted by Crippen LogP contribution is 2.26. The van der Waals surface area contributed by atoms with Crippen LogP contribution in [0, 0.1) is 0 Å². The van der Waals surface area contributed by atoms with Gasteiger partial charge in [-0.05, 0) is 31.2 Å². The molecule has 2 unspecified atom stereocenters. The lowest BCUT2D eigenvalue weighted by atomic mass is 10.1. The number of hydrogen-bond acceptors (Lipinski definition) is 3. The van der Waals surface area contributed by atoms with Gasteiger partial charge in [0.2, 0.25) is 0 Å². The van der Waals surface area contributed by atoms with Gasteiger partial charge in [-0.15, -0.1) is 0 Å². The van der Waals surface area contributed by atoms with Crippen LogP contribution in [0.4, 0.5) is 0 Å². The first-order chi connectivity index (χ1) is 9.56. The molecule has 0 fully saturated rings. The highest BCUT2D eigenvalue weighted by Gasteiger charge is 2.13. The molecule has 4 nitrogen and oxygen atoms in total. The van der Waals surface area contributed by atoms with Gasteiger partial charge in [-0.1, -0.05) is 23.2 Å². The highest BCUT2D eigenvalue weighted by molar-refractivity contribution is 6.33. The number of aromatic nitrogens is 2. The molecule has 0 aliphatic rings. The zero-order valence-electron chi connectivity index (χ0n) is 11.1. The molecule has 6 heteroatoms. The van der Waals surface area contributed by atoms with E-state index in [1.807, 2.05) is 23.9 Å². The third kappa shape index (κ3) is 4.21. The van der Waals surface area contributed by atoms with Crippen molar-refractivity contribution in [1.29, 1.82) is 0 Å². The van der Waals surface area contributed by atoms with Crippen LogP contribution in [-0.2, 0) is 6.54 Å². The molecule has 1 heterocycles. The number of halogens is 2. The Kier molecular flexibility index (Phi) is 5.43. The molecule has 0 saturated heterocycles. The van der Waals surface area contributed by atoms with Crippen LogP contribution in [0.2, 0.25) is 10.0 Å². The molecular formula is C14H17Cl2N3O. The third-order valence-electron chi connectivity index (χ3n) is 3.00. The fraction of sp³-hybridized carbons (Fsp3) is 0.357. The largest absolute Gasteiger partial charge is 0.387 e. The summed E-state index contributed by atoms with van der Waals surface area (Å²) in [5.74, 6) is 0. The molecule has 0 saturated carbocycles. The van der Waals surface area contributed by atoms with E-state index in [0.29, 0.717) is 22.2 Å². The van der Waals surface area contributed by atoms with Crippen molar-refractivity contribution in [3.63, 3.8) is 0 Å². The van der Waals surface area contributed by atoms with Gasteiger partial charge in [0.25, 0.3) is 0 Å². The van der Waals surface area contributed by atoms with Crippen molar-refractivity contribution < 1.29 is 5.11 Å². The van der Waals surface area contributed by atoms with Crippen LogP contribution in [0.25, 0.3) is 0 Å². The van der Waals surface area contributed by atoms with Crippen LogP contribution in [0.3, 0.4) is 0 Å². The van der Waals surface area contributed by atoms with E-state index >= 15 is 0 Å². The van der Waals surface area contributed by atoms with Gasteiger partial charge >= 0.3 is 0 Å². The normalized spacial score (nSPS) is 14.2. The first-order valence-corrected chi connectivity index (χ1v) is 7.15. The zero-order chi connectivity index (χ0) is 14.5. The fourth-order valence-electron chi connectivity index (χ4n) is 1.95. The Morgan fingerprint density at radius 3 is 2.90 bits per heavy atom. The van der Waals surface area contributed by atoms with Gasteiger partial charge in [0.1, 0.15) is 0 Å². The summed E-state index contributed by atoms with van der Waals surface area (Å²) < 4.78 is 1.84. The number of nitrogens with zero attached hydrogens (tertiary/aromatic N) is 2. The fourth-order valence-corrected chi connectivity index (χ4v) is 2.37. The van der Waals surface area contributed by atoms with Crippen LogP contribution in [0.15, 0.2) is 36.7 Å². The maximum atomic E-state index is 10.2. The summed E-state index contributed by atoms with van der Waals surface area (Å²) in [5, 5.41) is 18.6. The molecule has 0 aliphatic heterocycles. The van der Waals surface area contributed by atoms with Crippen molar-refractivity contribution in [3.8, 4) is 0 Å². The molecule has 0 amide bonds. The molecule has 0 spiro atoms. The number of benzene rings is 1. The smallest absolute Gasteiger partial charge is 0.0929 e. The lowest BCUT2D eigenvalue weighted by Crippen LogP contribution is -2.34. The second-order valence-corrected chi connectivity index (χ2v) is 5.56. The lowest BCUT2D eigenvalue weighted by Gasteiger charge is -2.18. The summed E-state index contributed by atoms with van der Waals surface area (Å²) in [6, 6.07) is 7.15. The van der Waals surface area contributed by atoms with Crippen LogP contribution >= 0.6 is 23.2 Å². The van der Waals surface area contributed by atoms with Gasteiger partial charge in [-0.2, -0.15) is 5.10 Å². The molecule has 20 heavy (non-hydrogen) atoms. The summed E-state index contributed by atoms with van der Waals surface area (Å²) in [6.45, 7) is 3.18. The van der Waals surface area contributed by atoms with E-state index in [4.69, 9.17) is 23.2 Å². The number of nitrogens with one attached hydrogen (secondary N) is 1. The van der Waals surface area contributed by atoms with Gasteiger partial charge in [0, 0.05) is 40.6 Å². The van der Waals surface area contributed by atoms with E-state index in [2.05, 4.69) is 10.4 Å². The predicted molar refractivity (Wildman–Crippen MR) is 81.1 cm³/mol. The van der Waals surface area contributed by atoms with E-state index in [1.54, 1.807) is 24.4 Å². The van der Waals surface area contributed by atoms with Gasteiger partial charge in [-0.25, -0.2) is 0 Å². The SMILES string of the molecule is CC(Cn1cccn1)NCC(O)c1cc(Cl)ccc1Cl. The lowest BCUT2D eigenvalue weighted by molar-refractivity contribution is 0.169. The van der Waals surface area contributed by atoms with Crippen molar-refractivity contribution in [2.45, 2.75) is 25.6 Å². The molecule has 0 aliphatic carbocycles. The van der Waals surface area contributed by atoms with Gasteiger partial charge < -0.3 is 10.4 Å². The standard InChI is InChI=1S/C14H17Cl2N3O/c1-10(9-19-6-2-5-18-19)17-8-14(20)12-7-11(15)3-4-13(12)16/h2-7,10,14,17,20H,8-9H2,1H3. The summed E-state index contributed by atoms with van der Waals surface area (Å²) >= 11 is 12.0. The molecule has 2 aromatic rings. The maximum absolute atomic E-state index is 10.2. The summed E-state index contributed by atoms with van der Waals surface area (Å²) in [6.07, 6.45) is 2.96. The highest BCUT2D eigenvalue weighted by atomic mass is 35.5. The number of aliphatic hydroxyl groups is 1. The topological polar surface area (TPSA) is 50.1 Å². The molecule has 108 valence electrons. The van der Waals surface area contributed by atoms with Crippen molar-refractivity contribution >= 4 is 23.2 Å². The summed E-state index contributed by atoms with van der Waals surface area (Å²) in [7, 11) is 0. The summed E-state index contributed by atoms with van der Waals surface area (Å²) in [5.41, 5.74) is 0.637. The molecule has 1 aromatic heterocycles. The van der Waals surface area contributed by atoms with Crippen LogP contribution in [0.1, 0.15) is 18.6 Å². The molecule has 2 rings (SSSR count). The zero-order valence-corrected chi connectivity index (χ0v) is 12.6. The quantitative estimate of drug-likeness (QED) is 0.862. The Labute approximate surface area is 128 Å². The van der Waals surface area contributed by atoms with Gasteiger partial charge in [-0.3, -0.25) is 4.68 Å².